The minimum atomic E-state index is 0.174. The monoisotopic (exact) mass is 256 g/mol. The third-order valence-electron chi connectivity index (χ3n) is 3.96. The van der Waals surface area contributed by atoms with E-state index in [4.69, 9.17) is 9.84 Å². The molecule has 0 aromatic carbocycles. The van der Waals surface area contributed by atoms with E-state index in [0.717, 1.165) is 6.42 Å². The van der Waals surface area contributed by atoms with E-state index in [9.17, 15) is 0 Å². The largest absolute Gasteiger partial charge is 0.394 e. The fraction of sp³-hybridized carbons (Fsp3) is 1.00. The Morgan fingerprint density at radius 2 is 1.22 bits per heavy atom. The molecular formula is C16H32O2. The van der Waals surface area contributed by atoms with Gasteiger partial charge in [0.25, 0.3) is 0 Å². The highest BCUT2D eigenvalue weighted by Crippen LogP contribution is 2.26. The standard InChI is InChI=1S/C16H32O2/c1-2-3-4-5-6-7-8-9-10-11-12-13-15-16(14-17)18-15/h15-17H,2-14H2,1H3/t15-,16-/m0/s1. The Morgan fingerprint density at radius 3 is 1.67 bits per heavy atom. The van der Waals surface area contributed by atoms with Gasteiger partial charge in [0.15, 0.2) is 0 Å². The molecule has 1 saturated heterocycles. The van der Waals surface area contributed by atoms with Crippen LogP contribution in [0.2, 0.25) is 0 Å². The zero-order chi connectivity index (χ0) is 13.1. The van der Waals surface area contributed by atoms with Crippen LogP contribution in [0.4, 0.5) is 0 Å². The van der Waals surface area contributed by atoms with E-state index in [1.165, 1.54) is 70.6 Å². The minimum Gasteiger partial charge on any atom is -0.394 e. The molecule has 0 bridgehead atoms. The Kier molecular flexibility index (Phi) is 9.59. The van der Waals surface area contributed by atoms with Gasteiger partial charge in [-0.25, -0.2) is 0 Å². The van der Waals surface area contributed by atoms with Gasteiger partial charge in [-0.05, 0) is 6.42 Å². The molecule has 1 rings (SSSR count). The summed E-state index contributed by atoms with van der Waals surface area (Å²) in [4.78, 5) is 0. The third-order valence-corrected chi connectivity index (χ3v) is 3.96. The summed E-state index contributed by atoms with van der Waals surface area (Å²) in [6.07, 6.45) is 17.0. The number of hydrogen-bond donors (Lipinski definition) is 1. The molecule has 0 aromatic rings. The Hall–Kier alpha value is -0.0800. The van der Waals surface area contributed by atoms with Gasteiger partial charge in [0.2, 0.25) is 0 Å². The van der Waals surface area contributed by atoms with E-state index < -0.39 is 0 Å². The summed E-state index contributed by atoms with van der Waals surface area (Å²) < 4.78 is 5.31. The molecule has 0 unspecified atom stereocenters. The first kappa shape index (κ1) is 16.0. The van der Waals surface area contributed by atoms with Gasteiger partial charge < -0.3 is 9.84 Å². The van der Waals surface area contributed by atoms with E-state index in [1.54, 1.807) is 0 Å². The summed E-state index contributed by atoms with van der Waals surface area (Å²) in [5, 5.41) is 8.83. The van der Waals surface area contributed by atoms with Crippen molar-refractivity contribution in [3.05, 3.63) is 0 Å². The van der Waals surface area contributed by atoms with Crippen molar-refractivity contribution >= 4 is 0 Å². The van der Waals surface area contributed by atoms with Crippen LogP contribution in [0.25, 0.3) is 0 Å². The molecule has 1 aliphatic heterocycles. The molecule has 18 heavy (non-hydrogen) atoms. The van der Waals surface area contributed by atoms with Crippen molar-refractivity contribution in [3.63, 3.8) is 0 Å². The highest BCUT2D eigenvalue weighted by Gasteiger charge is 2.36. The molecule has 0 radical (unpaired) electrons. The molecule has 1 aliphatic rings. The Bertz CT molecular complexity index is 182. The van der Waals surface area contributed by atoms with E-state index in [0.29, 0.717) is 6.10 Å². The minimum absolute atomic E-state index is 0.174. The maximum absolute atomic E-state index is 8.83. The molecule has 0 saturated carbocycles. The lowest BCUT2D eigenvalue weighted by Crippen LogP contribution is -1.98. The van der Waals surface area contributed by atoms with Crippen LogP contribution >= 0.6 is 0 Å². The first-order valence-corrected chi connectivity index (χ1v) is 8.14. The number of rotatable bonds is 13. The summed E-state index contributed by atoms with van der Waals surface area (Å²) in [5.74, 6) is 0. The molecule has 0 aromatic heterocycles. The molecule has 0 spiro atoms. The fourth-order valence-corrected chi connectivity index (χ4v) is 2.60. The molecular weight excluding hydrogens is 224 g/mol. The lowest BCUT2D eigenvalue weighted by Gasteiger charge is -2.02. The molecule has 2 nitrogen and oxygen atoms in total. The molecule has 1 fully saturated rings. The zero-order valence-electron chi connectivity index (χ0n) is 12.2. The summed E-state index contributed by atoms with van der Waals surface area (Å²) in [7, 11) is 0. The zero-order valence-corrected chi connectivity index (χ0v) is 12.2. The number of hydrogen-bond acceptors (Lipinski definition) is 2. The van der Waals surface area contributed by atoms with Crippen LogP contribution in [-0.4, -0.2) is 23.9 Å². The van der Waals surface area contributed by atoms with Gasteiger partial charge in [0.1, 0.15) is 6.10 Å². The quantitative estimate of drug-likeness (QED) is 0.390. The van der Waals surface area contributed by atoms with Gasteiger partial charge in [-0.1, -0.05) is 77.6 Å². The van der Waals surface area contributed by atoms with Crippen molar-refractivity contribution < 1.29 is 9.84 Å². The van der Waals surface area contributed by atoms with Crippen molar-refractivity contribution in [2.45, 2.75) is 96.2 Å². The summed E-state index contributed by atoms with van der Waals surface area (Å²) in [5.41, 5.74) is 0. The second-order valence-electron chi connectivity index (χ2n) is 5.72. The van der Waals surface area contributed by atoms with E-state index >= 15 is 0 Å². The van der Waals surface area contributed by atoms with Crippen LogP contribution in [0.3, 0.4) is 0 Å². The highest BCUT2D eigenvalue weighted by atomic mass is 16.6. The Morgan fingerprint density at radius 1 is 0.722 bits per heavy atom. The van der Waals surface area contributed by atoms with Crippen LogP contribution in [0.15, 0.2) is 0 Å². The summed E-state index contributed by atoms with van der Waals surface area (Å²) in [6.45, 7) is 2.48. The maximum atomic E-state index is 8.83. The van der Waals surface area contributed by atoms with Gasteiger partial charge in [-0.15, -0.1) is 0 Å². The van der Waals surface area contributed by atoms with Crippen molar-refractivity contribution in [2.75, 3.05) is 6.61 Å². The lowest BCUT2D eigenvalue weighted by molar-refractivity contribution is 0.241. The summed E-state index contributed by atoms with van der Waals surface area (Å²) >= 11 is 0. The Labute approximate surface area is 113 Å². The average molecular weight is 256 g/mol. The Balaban J connectivity index is 1.66. The van der Waals surface area contributed by atoms with Gasteiger partial charge in [0, 0.05) is 0 Å². The predicted molar refractivity (Wildman–Crippen MR) is 76.8 cm³/mol. The average Bonchev–Trinajstić information content (AvgIpc) is 3.14. The second-order valence-corrected chi connectivity index (χ2v) is 5.72. The van der Waals surface area contributed by atoms with E-state index in [1.807, 2.05) is 0 Å². The molecule has 0 aliphatic carbocycles. The van der Waals surface area contributed by atoms with Crippen molar-refractivity contribution in [2.24, 2.45) is 0 Å². The van der Waals surface area contributed by atoms with Crippen LogP contribution < -0.4 is 0 Å². The fourth-order valence-electron chi connectivity index (χ4n) is 2.60. The van der Waals surface area contributed by atoms with E-state index in [2.05, 4.69) is 6.92 Å². The van der Waals surface area contributed by atoms with Gasteiger partial charge in [-0.2, -0.15) is 0 Å². The van der Waals surface area contributed by atoms with Gasteiger partial charge in [0.05, 0.1) is 12.7 Å². The SMILES string of the molecule is CCCCCCCCCCCCC[C@@H]1O[C@H]1CO. The van der Waals surface area contributed by atoms with Crippen LogP contribution in [0.1, 0.15) is 84.0 Å². The van der Waals surface area contributed by atoms with Crippen LogP contribution in [-0.2, 0) is 4.74 Å². The molecule has 1 N–H and O–H groups in total. The van der Waals surface area contributed by atoms with Crippen molar-refractivity contribution in [3.8, 4) is 0 Å². The summed E-state index contributed by atoms with van der Waals surface area (Å²) in [6, 6.07) is 0. The first-order chi connectivity index (χ1) is 8.88. The molecule has 2 atom stereocenters. The third kappa shape index (κ3) is 8.10. The van der Waals surface area contributed by atoms with Crippen LogP contribution in [0, 0.1) is 0 Å². The predicted octanol–water partition coefficient (Wildman–Crippen LogP) is 4.45. The highest BCUT2D eigenvalue weighted by molar-refractivity contribution is 4.83. The number of aliphatic hydroxyl groups excluding tert-OH is 1. The molecule has 2 heteroatoms. The topological polar surface area (TPSA) is 32.8 Å². The lowest BCUT2D eigenvalue weighted by atomic mass is 10.0. The first-order valence-electron chi connectivity index (χ1n) is 8.14. The van der Waals surface area contributed by atoms with Crippen molar-refractivity contribution in [1.82, 2.24) is 0 Å². The smallest absolute Gasteiger partial charge is 0.107 e. The second kappa shape index (κ2) is 10.8. The van der Waals surface area contributed by atoms with Crippen molar-refractivity contribution in [1.29, 1.82) is 0 Å². The number of ether oxygens (including phenoxy) is 1. The molecule has 108 valence electrons. The number of aliphatic hydroxyl groups is 1. The van der Waals surface area contributed by atoms with Crippen LogP contribution in [0.5, 0.6) is 0 Å². The molecule has 1 heterocycles. The normalized spacial score (nSPS) is 22.3. The number of epoxide rings is 1. The van der Waals surface area contributed by atoms with Gasteiger partial charge in [-0.3, -0.25) is 0 Å². The molecule has 0 amide bonds. The number of unbranched alkanes of at least 4 members (excludes halogenated alkanes) is 10. The van der Waals surface area contributed by atoms with E-state index in [-0.39, 0.29) is 12.7 Å². The van der Waals surface area contributed by atoms with Gasteiger partial charge >= 0.3 is 0 Å². The maximum Gasteiger partial charge on any atom is 0.107 e.